The van der Waals surface area contributed by atoms with E-state index in [0.717, 1.165) is 60.6 Å². The molecule has 0 bridgehead atoms. The molecular formula is C23H22N4O3. The second kappa shape index (κ2) is 7.15. The third-order valence-corrected chi connectivity index (χ3v) is 6.49. The summed E-state index contributed by atoms with van der Waals surface area (Å²) < 4.78 is 5.90. The van der Waals surface area contributed by atoms with Gasteiger partial charge in [0.1, 0.15) is 12.4 Å². The summed E-state index contributed by atoms with van der Waals surface area (Å²) >= 11 is 0. The summed E-state index contributed by atoms with van der Waals surface area (Å²) in [5, 5.41) is 15.0. The molecule has 3 aliphatic heterocycles. The van der Waals surface area contributed by atoms with Gasteiger partial charge in [0.25, 0.3) is 5.91 Å². The quantitative estimate of drug-likeness (QED) is 0.817. The lowest BCUT2D eigenvalue weighted by Crippen LogP contribution is -2.47. The van der Waals surface area contributed by atoms with Crippen molar-refractivity contribution in [3.05, 3.63) is 58.7 Å². The Morgan fingerprint density at radius 1 is 1.13 bits per heavy atom. The second-order valence-corrected chi connectivity index (χ2v) is 8.10. The fraction of sp³-hybridized carbons (Fsp3) is 0.348. The first-order valence-corrected chi connectivity index (χ1v) is 10.2. The molecule has 0 aromatic heterocycles. The molecule has 2 aromatic carbocycles. The number of anilines is 1. The molecule has 1 spiro atoms. The van der Waals surface area contributed by atoms with Crippen molar-refractivity contribution in [1.82, 2.24) is 10.2 Å². The van der Waals surface area contributed by atoms with Crippen molar-refractivity contribution in [3.8, 4) is 11.8 Å². The van der Waals surface area contributed by atoms with E-state index in [-0.39, 0.29) is 11.8 Å². The minimum Gasteiger partial charge on any atom is -0.492 e. The van der Waals surface area contributed by atoms with E-state index < -0.39 is 5.41 Å². The summed E-state index contributed by atoms with van der Waals surface area (Å²) in [7, 11) is 0. The van der Waals surface area contributed by atoms with Crippen LogP contribution >= 0.6 is 0 Å². The summed E-state index contributed by atoms with van der Waals surface area (Å²) in [5.74, 6) is 0.787. The van der Waals surface area contributed by atoms with Gasteiger partial charge in [-0.2, -0.15) is 5.26 Å². The Morgan fingerprint density at radius 3 is 2.77 bits per heavy atom. The molecule has 5 rings (SSSR count). The fourth-order valence-electron chi connectivity index (χ4n) is 4.73. The van der Waals surface area contributed by atoms with Gasteiger partial charge in [0, 0.05) is 24.3 Å². The number of nitriles is 1. The summed E-state index contributed by atoms with van der Waals surface area (Å²) in [6, 6.07) is 13.2. The highest BCUT2D eigenvalue weighted by Crippen LogP contribution is 2.45. The third-order valence-electron chi connectivity index (χ3n) is 6.49. The van der Waals surface area contributed by atoms with E-state index in [9.17, 15) is 14.9 Å². The van der Waals surface area contributed by atoms with Gasteiger partial charge in [0.05, 0.1) is 17.0 Å². The zero-order valence-corrected chi connectivity index (χ0v) is 16.5. The number of fused-ring (bicyclic) bond motifs is 3. The summed E-state index contributed by atoms with van der Waals surface area (Å²) in [4.78, 5) is 26.7. The van der Waals surface area contributed by atoms with Crippen LogP contribution in [0, 0.1) is 11.3 Å². The van der Waals surface area contributed by atoms with Crippen LogP contribution in [-0.2, 0) is 16.8 Å². The Bertz CT molecular complexity index is 1080. The molecule has 0 atom stereocenters. The molecule has 0 unspecified atom stereocenters. The van der Waals surface area contributed by atoms with Crippen LogP contribution < -0.4 is 15.4 Å². The lowest BCUT2D eigenvalue weighted by molar-refractivity contribution is -0.122. The second-order valence-electron chi connectivity index (χ2n) is 8.10. The van der Waals surface area contributed by atoms with Crippen LogP contribution in [-0.4, -0.2) is 43.0 Å². The molecule has 0 radical (unpaired) electrons. The number of carbonyl (C=O) groups excluding carboxylic acids is 2. The summed E-state index contributed by atoms with van der Waals surface area (Å²) in [5.41, 5.74) is 3.55. The van der Waals surface area contributed by atoms with Gasteiger partial charge in [0.15, 0.2) is 0 Å². The molecular weight excluding hydrogens is 380 g/mol. The van der Waals surface area contributed by atoms with E-state index in [0.29, 0.717) is 18.7 Å². The molecule has 1 fully saturated rings. The van der Waals surface area contributed by atoms with Crippen molar-refractivity contribution < 1.29 is 14.3 Å². The first kappa shape index (κ1) is 18.6. The smallest absolute Gasteiger partial charge is 0.251 e. The normalized spacial score (nSPS) is 19.0. The molecule has 152 valence electrons. The minimum atomic E-state index is -0.529. The maximum atomic E-state index is 12.8. The zero-order valence-electron chi connectivity index (χ0n) is 16.5. The van der Waals surface area contributed by atoms with Crippen LogP contribution in [0.4, 0.5) is 5.69 Å². The number of hydrogen-bond acceptors (Lipinski definition) is 5. The number of rotatable bonds is 4. The van der Waals surface area contributed by atoms with E-state index in [2.05, 4.69) is 21.6 Å². The average Bonchev–Trinajstić information content (AvgIpc) is 3.26. The van der Waals surface area contributed by atoms with Crippen molar-refractivity contribution in [3.63, 3.8) is 0 Å². The molecule has 3 heterocycles. The van der Waals surface area contributed by atoms with Gasteiger partial charge in [-0.3, -0.25) is 14.5 Å². The number of likely N-dealkylation sites (tertiary alicyclic amines) is 1. The van der Waals surface area contributed by atoms with Crippen molar-refractivity contribution >= 4 is 17.5 Å². The van der Waals surface area contributed by atoms with Gasteiger partial charge in [0.2, 0.25) is 5.91 Å². The summed E-state index contributed by atoms with van der Waals surface area (Å²) in [6.45, 7) is 3.48. The molecule has 1 saturated heterocycles. The van der Waals surface area contributed by atoms with Gasteiger partial charge < -0.3 is 15.4 Å². The highest BCUT2D eigenvalue weighted by molar-refractivity contribution is 6.06. The van der Waals surface area contributed by atoms with Crippen LogP contribution in [0.15, 0.2) is 36.4 Å². The van der Waals surface area contributed by atoms with Crippen molar-refractivity contribution in [1.29, 1.82) is 5.26 Å². The van der Waals surface area contributed by atoms with E-state index in [1.807, 2.05) is 30.3 Å². The van der Waals surface area contributed by atoms with Crippen LogP contribution in [0.1, 0.15) is 39.9 Å². The zero-order chi connectivity index (χ0) is 20.7. The largest absolute Gasteiger partial charge is 0.492 e. The van der Waals surface area contributed by atoms with Crippen molar-refractivity contribution in [2.75, 3.05) is 31.6 Å². The fourth-order valence-corrected chi connectivity index (χ4v) is 4.73. The molecule has 3 aliphatic rings. The van der Waals surface area contributed by atoms with E-state index in [1.54, 1.807) is 6.07 Å². The standard InChI is InChI=1S/C23H22N4O3/c24-13-15-1-4-20-19(11-15)23(22(29)26-20)5-7-27(8-6-23)9-10-30-17-2-3-18-16(12-17)14-25-21(18)28/h1-4,11-12H,5-10,14H2,(H,25,28)(H,26,29). The predicted molar refractivity (Wildman–Crippen MR) is 110 cm³/mol. The first-order chi connectivity index (χ1) is 14.6. The van der Waals surface area contributed by atoms with Crippen LogP contribution in [0.3, 0.4) is 0 Å². The molecule has 7 heteroatoms. The van der Waals surface area contributed by atoms with Gasteiger partial charge in [-0.25, -0.2) is 0 Å². The van der Waals surface area contributed by atoms with Crippen molar-refractivity contribution in [2.24, 2.45) is 0 Å². The van der Waals surface area contributed by atoms with Crippen LogP contribution in [0.25, 0.3) is 0 Å². The Morgan fingerprint density at radius 2 is 1.97 bits per heavy atom. The molecule has 0 saturated carbocycles. The third kappa shape index (κ3) is 3.01. The highest BCUT2D eigenvalue weighted by Gasteiger charge is 2.48. The lowest BCUT2D eigenvalue weighted by atomic mass is 9.73. The first-order valence-electron chi connectivity index (χ1n) is 10.2. The van der Waals surface area contributed by atoms with E-state index in [1.165, 1.54) is 0 Å². The minimum absolute atomic E-state index is 0.0294. The Hall–Kier alpha value is -3.37. The van der Waals surface area contributed by atoms with Gasteiger partial charge in [-0.1, -0.05) is 0 Å². The van der Waals surface area contributed by atoms with Crippen molar-refractivity contribution in [2.45, 2.75) is 24.8 Å². The molecule has 2 aromatic rings. The number of nitrogens with zero attached hydrogens (tertiary/aromatic N) is 2. The number of amides is 2. The van der Waals surface area contributed by atoms with Gasteiger partial charge >= 0.3 is 0 Å². The summed E-state index contributed by atoms with van der Waals surface area (Å²) in [6.07, 6.45) is 1.46. The molecule has 2 N–H and O–H groups in total. The Kier molecular flexibility index (Phi) is 4.44. The average molecular weight is 402 g/mol. The Labute approximate surface area is 174 Å². The SMILES string of the molecule is N#Cc1ccc2c(c1)C1(CCN(CCOc3ccc4c(c3)CNC4=O)CC1)C(=O)N2. The topological polar surface area (TPSA) is 94.5 Å². The number of nitrogens with one attached hydrogen (secondary N) is 2. The molecule has 7 nitrogen and oxygen atoms in total. The Balaban J connectivity index is 1.19. The molecule has 2 amide bonds. The van der Waals surface area contributed by atoms with E-state index >= 15 is 0 Å². The highest BCUT2D eigenvalue weighted by atomic mass is 16.5. The number of ether oxygens (including phenoxy) is 1. The number of carbonyl (C=O) groups is 2. The van der Waals surface area contributed by atoms with Gasteiger partial charge in [-0.15, -0.1) is 0 Å². The van der Waals surface area contributed by atoms with E-state index in [4.69, 9.17) is 4.74 Å². The van der Waals surface area contributed by atoms with Crippen LogP contribution in [0.5, 0.6) is 5.75 Å². The van der Waals surface area contributed by atoms with Crippen LogP contribution in [0.2, 0.25) is 0 Å². The molecule has 0 aliphatic carbocycles. The maximum Gasteiger partial charge on any atom is 0.251 e. The number of benzene rings is 2. The number of hydrogen-bond donors (Lipinski definition) is 2. The predicted octanol–water partition coefficient (Wildman–Crippen LogP) is 2.17. The number of piperidine rings is 1. The molecule has 30 heavy (non-hydrogen) atoms. The monoisotopic (exact) mass is 402 g/mol. The maximum absolute atomic E-state index is 12.8. The lowest BCUT2D eigenvalue weighted by Gasteiger charge is -2.37. The van der Waals surface area contributed by atoms with Gasteiger partial charge in [-0.05, 0) is 73.5 Å².